The van der Waals surface area contributed by atoms with E-state index in [9.17, 15) is 4.39 Å². The minimum absolute atomic E-state index is 0.148. The van der Waals surface area contributed by atoms with Gasteiger partial charge in [0.1, 0.15) is 5.82 Å². The molecule has 0 saturated carbocycles. The van der Waals surface area contributed by atoms with Gasteiger partial charge in [0.2, 0.25) is 0 Å². The Morgan fingerprint density at radius 2 is 2.12 bits per heavy atom. The van der Waals surface area contributed by atoms with Crippen LogP contribution in [0.3, 0.4) is 0 Å². The summed E-state index contributed by atoms with van der Waals surface area (Å²) in [6, 6.07) is 4.99. The van der Waals surface area contributed by atoms with Crippen LogP contribution in [0.1, 0.15) is 30.7 Å². The van der Waals surface area contributed by atoms with Crippen LogP contribution in [0, 0.1) is 5.82 Å². The molecule has 1 aliphatic heterocycles. The second-order valence-electron chi connectivity index (χ2n) is 4.81. The van der Waals surface area contributed by atoms with E-state index in [-0.39, 0.29) is 5.82 Å². The van der Waals surface area contributed by atoms with Crippen LogP contribution >= 0.6 is 0 Å². The molecule has 2 N–H and O–H groups in total. The first-order chi connectivity index (χ1) is 8.34. The van der Waals surface area contributed by atoms with Crippen LogP contribution < -0.4 is 5.32 Å². The molecular weight excluding hydrogens is 215 g/mol. The number of aromatic amines is 1. The molecule has 0 radical (unpaired) electrons. The Hall–Kier alpha value is -1.35. The maximum absolute atomic E-state index is 13.3. The van der Waals surface area contributed by atoms with E-state index in [0.29, 0.717) is 5.92 Å². The lowest BCUT2D eigenvalue weighted by Gasteiger charge is -2.12. The van der Waals surface area contributed by atoms with E-state index in [1.165, 1.54) is 24.5 Å². The standard InChI is InChI=1S/C14H17FN2/c15-11-3-4-14-12(8-11)13(9-17-14)10-2-1-6-16-7-5-10/h3-4,8-10,16-17H,1-2,5-7H2. The minimum Gasteiger partial charge on any atom is -0.361 e. The molecule has 1 atom stereocenters. The van der Waals surface area contributed by atoms with E-state index in [0.717, 1.165) is 30.4 Å². The van der Waals surface area contributed by atoms with Gasteiger partial charge in [-0.3, -0.25) is 0 Å². The SMILES string of the molecule is Fc1ccc2[nH]cc(C3CCCNCC3)c2c1. The number of halogens is 1. The first-order valence-electron chi connectivity index (χ1n) is 6.32. The molecule has 2 heterocycles. The van der Waals surface area contributed by atoms with Crippen LogP contribution in [0.25, 0.3) is 10.9 Å². The van der Waals surface area contributed by atoms with Gasteiger partial charge in [0.25, 0.3) is 0 Å². The van der Waals surface area contributed by atoms with Gasteiger partial charge < -0.3 is 10.3 Å². The van der Waals surface area contributed by atoms with Gasteiger partial charge in [-0.05, 0) is 62.0 Å². The Kier molecular flexibility index (Phi) is 2.85. The molecular formula is C14H17FN2. The van der Waals surface area contributed by atoms with E-state index in [1.54, 1.807) is 6.07 Å². The summed E-state index contributed by atoms with van der Waals surface area (Å²) in [7, 11) is 0. The van der Waals surface area contributed by atoms with Crippen molar-refractivity contribution in [3.63, 3.8) is 0 Å². The number of benzene rings is 1. The quantitative estimate of drug-likeness (QED) is 0.776. The predicted molar refractivity (Wildman–Crippen MR) is 67.7 cm³/mol. The van der Waals surface area contributed by atoms with E-state index in [2.05, 4.69) is 16.5 Å². The van der Waals surface area contributed by atoms with Gasteiger partial charge in [-0.2, -0.15) is 0 Å². The van der Waals surface area contributed by atoms with Gasteiger partial charge in [-0.1, -0.05) is 0 Å². The van der Waals surface area contributed by atoms with Gasteiger partial charge in [0.15, 0.2) is 0 Å². The number of hydrogen-bond acceptors (Lipinski definition) is 1. The topological polar surface area (TPSA) is 27.8 Å². The molecule has 0 spiro atoms. The Morgan fingerprint density at radius 3 is 3.06 bits per heavy atom. The molecule has 1 aromatic heterocycles. The summed E-state index contributed by atoms with van der Waals surface area (Å²) in [5.41, 5.74) is 2.32. The molecule has 3 heteroatoms. The van der Waals surface area contributed by atoms with Gasteiger partial charge in [0, 0.05) is 17.1 Å². The Morgan fingerprint density at radius 1 is 1.18 bits per heavy atom. The molecule has 0 amide bonds. The second kappa shape index (κ2) is 4.49. The fourth-order valence-electron chi connectivity index (χ4n) is 2.78. The van der Waals surface area contributed by atoms with Crippen LogP contribution in [0.15, 0.2) is 24.4 Å². The number of fused-ring (bicyclic) bond motifs is 1. The molecule has 1 aliphatic rings. The first kappa shape index (κ1) is 10.8. The highest BCUT2D eigenvalue weighted by Gasteiger charge is 2.17. The van der Waals surface area contributed by atoms with Gasteiger partial charge in [0.05, 0.1) is 0 Å². The number of nitrogens with one attached hydrogen (secondary N) is 2. The number of H-pyrrole nitrogens is 1. The van der Waals surface area contributed by atoms with Gasteiger partial charge in [-0.25, -0.2) is 4.39 Å². The zero-order valence-corrected chi connectivity index (χ0v) is 9.80. The van der Waals surface area contributed by atoms with E-state index in [1.807, 2.05) is 6.07 Å². The maximum atomic E-state index is 13.3. The van der Waals surface area contributed by atoms with E-state index >= 15 is 0 Å². The summed E-state index contributed by atoms with van der Waals surface area (Å²) >= 11 is 0. The van der Waals surface area contributed by atoms with Crippen molar-refractivity contribution in [2.75, 3.05) is 13.1 Å². The lowest BCUT2D eigenvalue weighted by molar-refractivity contribution is 0.611. The highest BCUT2D eigenvalue weighted by molar-refractivity contribution is 5.83. The molecule has 2 aromatic rings. The van der Waals surface area contributed by atoms with Crippen molar-refractivity contribution < 1.29 is 4.39 Å². The number of hydrogen-bond donors (Lipinski definition) is 2. The Labute approximate surface area is 100 Å². The summed E-state index contributed by atoms with van der Waals surface area (Å²) in [4.78, 5) is 3.25. The summed E-state index contributed by atoms with van der Waals surface area (Å²) in [5.74, 6) is 0.408. The van der Waals surface area contributed by atoms with E-state index in [4.69, 9.17) is 0 Å². The molecule has 2 nitrogen and oxygen atoms in total. The zero-order chi connectivity index (χ0) is 11.7. The lowest BCUT2D eigenvalue weighted by Crippen LogP contribution is -2.13. The zero-order valence-electron chi connectivity index (χ0n) is 9.80. The fourth-order valence-corrected chi connectivity index (χ4v) is 2.78. The van der Waals surface area contributed by atoms with Crippen LogP contribution in [0.4, 0.5) is 4.39 Å². The van der Waals surface area contributed by atoms with Crippen molar-refractivity contribution in [2.24, 2.45) is 0 Å². The summed E-state index contributed by atoms with van der Waals surface area (Å²) in [5, 5.41) is 4.47. The molecule has 1 saturated heterocycles. The third-order valence-electron chi connectivity index (χ3n) is 3.69. The van der Waals surface area contributed by atoms with Crippen molar-refractivity contribution in [3.8, 4) is 0 Å². The largest absolute Gasteiger partial charge is 0.361 e. The smallest absolute Gasteiger partial charge is 0.123 e. The average Bonchev–Trinajstić information content (AvgIpc) is 2.58. The maximum Gasteiger partial charge on any atom is 0.123 e. The van der Waals surface area contributed by atoms with Crippen molar-refractivity contribution in [2.45, 2.75) is 25.2 Å². The monoisotopic (exact) mass is 232 g/mol. The van der Waals surface area contributed by atoms with Crippen LogP contribution in [-0.4, -0.2) is 18.1 Å². The highest BCUT2D eigenvalue weighted by Crippen LogP contribution is 2.32. The molecule has 90 valence electrons. The first-order valence-corrected chi connectivity index (χ1v) is 6.32. The fraction of sp³-hybridized carbons (Fsp3) is 0.429. The van der Waals surface area contributed by atoms with Crippen LogP contribution in [0.5, 0.6) is 0 Å². The molecule has 17 heavy (non-hydrogen) atoms. The van der Waals surface area contributed by atoms with Crippen LogP contribution in [0.2, 0.25) is 0 Å². The van der Waals surface area contributed by atoms with Crippen molar-refractivity contribution in [1.29, 1.82) is 0 Å². The summed E-state index contributed by atoms with van der Waals surface area (Å²) in [6.07, 6.45) is 5.59. The minimum atomic E-state index is -0.148. The molecule has 0 bridgehead atoms. The predicted octanol–water partition coefficient (Wildman–Crippen LogP) is 3.16. The molecule has 1 fully saturated rings. The second-order valence-corrected chi connectivity index (χ2v) is 4.81. The highest BCUT2D eigenvalue weighted by atomic mass is 19.1. The summed E-state index contributed by atoms with van der Waals surface area (Å²) < 4.78 is 13.3. The normalized spacial score (nSPS) is 21.6. The number of rotatable bonds is 1. The molecule has 1 unspecified atom stereocenters. The van der Waals surface area contributed by atoms with Crippen molar-refractivity contribution in [1.82, 2.24) is 10.3 Å². The molecule has 1 aromatic carbocycles. The van der Waals surface area contributed by atoms with Crippen molar-refractivity contribution in [3.05, 3.63) is 35.8 Å². The van der Waals surface area contributed by atoms with Crippen LogP contribution in [-0.2, 0) is 0 Å². The molecule has 0 aliphatic carbocycles. The lowest BCUT2D eigenvalue weighted by atomic mass is 9.92. The average molecular weight is 232 g/mol. The number of aromatic nitrogens is 1. The third kappa shape index (κ3) is 2.07. The summed E-state index contributed by atoms with van der Waals surface area (Å²) in [6.45, 7) is 2.17. The Balaban J connectivity index is 2.00. The van der Waals surface area contributed by atoms with Gasteiger partial charge >= 0.3 is 0 Å². The van der Waals surface area contributed by atoms with E-state index < -0.39 is 0 Å². The molecule has 3 rings (SSSR count). The third-order valence-corrected chi connectivity index (χ3v) is 3.69. The van der Waals surface area contributed by atoms with Gasteiger partial charge in [-0.15, -0.1) is 0 Å². The Bertz CT molecular complexity index is 510. The van der Waals surface area contributed by atoms with Crippen molar-refractivity contribution >= 4 is 10.9 Å².